The van der Waals surface area contributed by atoms with E-state index < -0.39 is 17.5 Å². The Balaban J connectivity index is 0.00000272. The van der Waals surface area contributed by atoms with Crippen LogP contribution in [0.3, 0.4) is 0 Å². The Labute approximate surface area is 186 Å². The molecule has 31 heavy (non-hydrogen) atoms. The van der Waals surface area contributed by atoms with Gasteiger partial charge in [-0.25, -0.2) is 14.1 Å². The number of imide groups is 1. The number of piperidine rings is 1. The third-order valence-corrected chi connectivity index (χ3v) is 5.79. The quantitative estimate of drug-likeness (QED) is 0.621. The summed E-state index contributed by atoms with van der Waals surface area (Å²) >= 11 is 0. The maximum Gasteiger partial charge on any atom is 0.422 e. The zero-order chi connectivity index (χ0) is 21.1. The molecule has 0 aromatic heterocycles. The number of amides is 2. The van der Waals surface area contributed by atoms with Crippen LogP contribution in [-0.2, 0) is 9.53 Å². The first-order valence-corrected chi connectivity index (χ1v) is 10.1. The molecule has 2 aromatic rings. The van der Waals surface area contributed by atoms with E-state index in [2.05, 4.69) is 4.90 Å². The van der Waals surface area contributed by atoms with Crippen molar-refractivity contribution in [3.8, 4) is 0 Å². The molecule has 4 rings (SSSR count). The molecule has 2 aromatic carbocycles. The molecule has 6 nitrogen and oxygen atoms in total. The smallest absolute Gasteiger partial charge is 0.422 e. The second-order valence-electron chi connectivity index (χ2n) is 7.69. The number of hydrogen-bond donors (Lipinski definition) is 0. The van der Waals surface area contributed by atoms with Crippen LogP contribution < -0.4 is 4.90 Å². The summed E-state index contributed by atoms with van der Waals surface area (Å²) in [5.41, 5.74) is -0.468. The lowest BCUT2D eigenvalue weighted by Gasteiger charge is -2.36. The summed E-state index contributed by atoms with van der Waals surface area (Å²) in [6.45, 7) is 1.85. The molecule has 0 unspecified atom stereocenters. The number of rotatable bonds is 6. The molecular weight excluding hydrogens is 423 g/mol. The van der Waals surface area contributed by atoms with Crippen LogP contribution in [0.1, 0.15) is 36.0 Å². The summed E-state index contributed by atoms with van der Waals surface area (Å²) in [7, 11) is 0. The highest BCUT2D eigenvalue weighted by Gasteiger charge is 2.55. The Morgan fingerprint density at radius 2 is 1.65 bits per heavy atom. The molecule has 2 amide bonds. The van der Waals surface area contributed by atoms with Gasteiger partial charge in [0.05, 0.1) is 11.3 Å². The summed E-state index contributed by atoms with van der Waals surface area (Å²) < 4.78 is 19.3. The fraction of sp³-hybridized carbons (Fsp3) is 0.348. The Morgan fingerprint density at radius 3 is 2.32 bits per heavy atom. The number of hydrogen-bond acceptors (Lipinski definition) is 5. The zero-order valence-corrected chi connectivity index (χ0v) is 17.8. The summed E-state index contributed by atoms with van der Waals surface area (Å²) in [5, 5.41) is 0. The minimum Gasteiger partial charge on any atom is -0.432 e. The Kier molecular flexibility index (Phi) is 7.08. The second kappa shape index (κ2) is 9.58. The maximum atomic E-state index is 13.7. The minimum atomic E-state index is -1.10. The lowest BCUT2D eigenvalue weighted by Crippen LogP contribution is -2.50. The molecule has 164 valence electrons. The van der Waals surface area contributed by atoms with E-state index in [1.165, 1.54) is 12.1 Å². The largest absolute Gasteiger partial charge is 0.432 e. The van der Waals surface area contributed by atoms with E-state index in [4.69, 9.17) is 4.74 Å². The second-order valence-corrected chi connectivity index (χ2v) is 7.69. The number of nitrogens with zero attached hydrogens (tertiary/aromatic N) is 2. The Morgan fingerprint density at radius 1 is 1.00 bits per heavy atom. The molecule has 0 N–H and O–H groups in total. The molecule has 2 aliphatic rings. The fourth-order valence-corrected chi connectivity index (χ4v) is 4.08. The minimum absolute atomic E-state index is 0. The van der Waals surface area contributed by atoms with Gasteiger partial charge in [0, 0.05) is 32.4 Å². The van der Waals surface area contributed by atoms with E-state index in [1.54, 1.807) is 36.4 Å². The fourth-order valence-electron chi connectivity index (χ4n) is 4.08. The molecule has 2 heterocycles. The topological polar surface area (TPSA) is 66.9 Å². The molecule has 2 aliphatic heterocycles. The molecule has 0 aliphatic carbocycles. The average molecular weight is 447 g/mol. The van der Waals surface area contributed by atoms with Gasteiger partial charge in [-0.1, -0.05) is 30.3 Å². The average Bonchev–Trinajstić information content (AvgIpc) is 2.99. The summed E-state index contributed by atoms with van der Waals surface area (Å²) in [5.74, 6) is -1.01. The monoisotopic (exact) mass is 446 g/mol. The van der Waals surface area contributed by atoms with Gasteiger partial charge in [-0.3, -0.25) is 9.59 Å². The molecule has 0 radical (unpaired) electrons. The van der Waals surface area contributed by atoms with Gasteiger partial charge in [0.2, 0.25) is 0 Å². The van der Waals surface area contributed by atoms with Crippen LogP contribution in [-0.4, -0.2) is 47.9 Å². The van der Waals surface area contributed by atoms with E-state index in [9.17, 15) is 18.8 Å². The van der Waals surface area contributed by atoms with E-state index in [1.807, 2.05) is 6.07 Å². The molecule has 8 heteroatoms. The van der Waals surface area contributed by atoms with Gasteiger partial charge < -0.3 is 9.64 Å². The van der Waals surface area contributed by atoms with Gasteiger partial charge in [-0.2, -0.15) is 0 Å². The number of anilines is 1. The van der Waals surface area contributed by atoms with Crippen LogP contribution in [0.4, 0.5) is 14.9 Å². The van der Waals surface area contributed by atoms with Crippen molar-refractivity contribution in [2.75, 3.05) is 24.5 Å². The Bertz CT molecular complexity index is 961. The predicted octanol–water partition coefficient (Wildman–Crippen LogP) is 4.23. The number of likely N-dealkylation sites (tertiary alicyclic amines) is 1. The van der Waals surface area contributed by atoms with Crippen LogP contribution in [0.25, 0.3) is 0 Å². The maximum absolute atomic E-state index is 13.7. The number of ketones is 1. The number of carbonyl (C=O) groups excluding carboxylic acids is 3. The first-order valence-electron chi connectivity index (χ1n) is 10.1. The molecule has 0 atom stereocenters. The third kappa shape index (κ3) is 4.62. The van der Waals surface area contributed by atoms with E-state index in [0.29, 0.717) is 44.6 Å². The first kappa shape index (κ1) is 22.9. The van der Waals surface area contributed by atoms with Gasteiger partial charge in [-0.15, -0.1) is 12.4 Å². The van der Waals surface area contributed by atoms with Crippen molar-refractivity contribution in [1.29, 1.82) is 0 Å². The highest BCUT2D eigenvalue weighted by molar-refractivity contribution is 6.20. The van der Waals surface area contributed by atoms with Gasteiger partial charge >= 0.3 is 6.09 Å². The van der Waals surface area contributed by atoms with Gasteiger partial charge in [-0.05, 0) is 37.2 Å². The van der Waals surface area contributed by atoms with Crippen LogP contribution >= 0.6 is 12.4 Å². The normalized spacial score (nSPS) is 18.0. The predicted molar refractivity (Wildman–Crippen MR) is 116 cm³/mol. The number of para-hydroxylation sites is 1. The molecular formula is C23H24ClFN2O4. The highest BCUT2D eigenvalue weighted by Crippen LogP contribution is 2.36. The van der Waals surface area contributed by atoms with Crippen LogP contribution in [0.2, 0.25) is 0 Å². The van der Waals surface area contributed by atoms with Crippen molar-refractivity contribution in [1.82, 2.24) is 4.90 Å². The van der Waals surface area contributed by atoms with Gasteiger partial charge in [0.1, 0.15) is 5.82 Å². The molecule has 2 fully saturated rings. The molecule has 0 saturated carbocycles. The van der Waals surface area contributed by atoms with Crippen LogP contribution in [0.5, 0.6) is 0 Å². The lowest BCUT2D eigenvalue weighted by molar-refractivity contribution is -0.133. The SMILES string of the molecule is Cl.O=C(CCCN1CCC2(CC1)OC(=O)N(c1ccccc1)C2=O)c1ccccc1F. The van der Waals surface area contributed by atoms with Crippen molar-refractivity contribution in [2.24, 2.45) is 0 Å². The standard InChI is InChI=1S/C23H23FN2O4.ClH/c24-19-10-5-4-9-18(19)20(27)11-6-14-25-15-12-23(13-16-25)21(28)26(22(29)30-23)17-7-2-1-3-8-17;/h1-5,7-10H,6,11-16H2;1H. The summed E-state index contributed by atoms with van der Waals surface area (Å²) in [6.07, 6.45) is 1.07. The number of Topliss-reactive ketones (excluding diaryl/α,β-unsaturated/α-hetero) is 1. The van der Waals surface area contributed by atoms with Crippen molar-refractivity contribution in [2.45, 2.75) is 31.3 Å². The van der Waals surface area contributed by atoms with Crippen molar-refractivity contribution in [3.63, 3.8) is 0 Å². The van der Waals surface area contributed by atoms with Crippen LogP contribution in [0.15, 0.2) is 54.6 Å². The Hall–Kier alpha value is -2.77. The number of benzene rings is 2. The molecule has 2 saturated heterocycles. The number of carbonyl (C=O) groups is 3. The number of halogens is 2. The van der Waals surface area contributed by atoms with E-state index >= 15 is 0 Å². The number of ether oxygens (including phenoxy) is 1. The first-order chi connectivity index (χ1) is 14.5. The van der Waals surface area contributed by atoms with E-state index in [-0.39, 0.29) is 36.1 Å². The van der Waals surface area contributed by atoms with E-state index in [0.717, 1.165) is 4.90 Å². The summed E-state index contributed by atoms with van der Waals surface area (Å²) in [6, 6.07) is 14.8. The van der Waals surface area contributed by atoms with Crippen molar-refractivity contribution < 1.29 is 23.5 Å². The molecule has 1 spiro atoms. The molecule has 0 bridgehead atoms. The highest BCUT2D eigenvalue weighted by atomic mass is 35.5. The van der Waals surface area contributed by atoms with Crippen LogP contribution in [0, 0.1) is 5.82 Å². The van der Waals surface area contributed by atoms with Crippen molar-refractivity contribution >= 4 is 35.9 Å². The third-order valence-electron chi connectivity index (χ3n) is 5.79. The lowest BCUT2D eigenvalue weighted by atomic mass is 9.90. The summed E-state index contributed by atoms with van der Waals surface area (Å²) in [4.78, 5) is 40.8. The van der Waals surface area contributed by atoms with Gasteiger partial charge in [0.25, 0.3) is 5.91 Å². The zero-order valence-electron chi connectivity index (χ0n) is 17.0. The van der Waals surface area contributed by atoms with Gasteiger partial charge in [0.15, 0.2) is 11.4 Å². The van der Waals surface area contributed by atoms with Crippen molar-refractivity contribution in [3.05, 3.63) is 66.0 Å².